The standard InChI is InChI=1S/C6H8BN4/c1-3-10(5-8-1)7-11-4-2-9-6-11/h1-6,8-9H/q+2. The number of imidazole rings is 2. The summed E-state index contributed by atoms with van der Waals surface area (Å²) in [6.45, 7) is 0. The van der Waals surface area contributed by atoms with E-state index in [9.17, 15) is 0 Å². The molecule has 0 saturated carbocycles. The molecule has 0 unspecified atom stereocenters. The van der Waals surface area contributed by atoms with E-state index in [1.165, 1.54) is 0 Å². The van der Waals surface area contributed by atoms with Crippen LogP contribution in [0.1, 0.15) is 0 Å². The molecule has 0 aliphatic carbocycles. The molecule has 0 amide bonds. The molecule has 0 fully saturated rings. The summed E-state index contributed by atoms with van der Waals surface area (Å²) in [6, 6.07) is 0. The van der Waals surface area contributed by atoms with Crippen molar-refractivity contribution in [3.8, 4) is 0 Å². The first kappa shape index (κ1) is 6.21. The highest BCUT2D eigenvalue weighted by Gasteiger charge is 2.11. The second kappa shape index (κ2) is 2.61. The fraction of sp³-hybridized carbons (Fsp3) is 0. The lowest BCUT2D eigenvalue weighted by Crippen LogP contribution is -2.56. The summed E-state index contributed by atoms with van der Waals surface area (Å²) in [5, 5.41) is 0. The fourth-order valence-corrected chi connectivity index (χ4v) is 0.900. The fourth-order valence-electron chi connectivity index (χ4n) is 0.900. The first-order chi connectivity index (χ1) is 5.45. The molecule has 2 heterocycles. The molecule has 11 heavy (non-hydrogen) atoms. The number of hydrogen-bond acceptors (Lipinski definition) is 0. The molecular weight excluding hydrogens is 139 g/mol. The molecule has 0 spiro atoms. The van der Waals surface area contributed by atoms with Gasteiger partial charge < -0.3 is 0 Å². The van der Waals surface area contributed by atoms with Crippen molar-refractivity contribution in [2.45, 2.75) is 0 Å². The molecule has 0 aromatic carbocycles. The number of rotatable bonds is 2. The third kappa shape index (κ3) is 1.31. The summed E-state index contributed by atoms with van der Waals surface area (Å²) in [7, 11) is 1.94. The van der Waals surface area contributed by atoms with E-state index >= 15 is 0 Å². The number of hydrogen-bond donors (Lipinski definition) is 2. The third-order valence-electron chi connectivity index (χ3n) is 1.40. The molecule has 0 aliphatic rings. The lowest BCUT2D eigenvalue weighted by Gasteiger charge is -1.82. The highest BCUT2D eigenvalue weighted by molar-refractivity contribution is 6.11. The van der Waals surface area contributed by atoms with Crippen LogP contribution in [0, 0.1) is 0 Å². The molecule has 5 heteroatoms. The van der Waals surface area contributed by atoms with Gasteiger partial charge in [0.15, 0.2) is 0 Å². The van der Waals surface area contributed by atoms with Crippen molar-refractivity contribution in [2.75, 3.05) is 0 Å². The monoisotopic (exact) mass is 147 g/mol. The Morgan fingerprint density at radius 1 is 0.909 bits per heavy atom. The van der Waals surface area contributed by atoms with Crippen LogP contribution in [0.5, 0.6) is 0 Å². The molecule has 1 radical (unpaired) electrons. The zero-order chi connectivity index (χ0) is 7.52. The van der Waals surface area contributed by atoms with Crippen molar-refractivity contribution in [1.29, 1.82) is 0 Å². The number of aromatic amines is 2. The van der Waals surface area contributed by atoms with Crippen LogP contribution in [-0.2, 0) is 0 Å². The summed E-state index contributed by atoms with van der Waals surface area (Å²) in [6.07, 6.45) is 11.3. The van der Waals surface area contributed by atoms with Gasteiger partial charge in [0.25, 0.3) is 0 Å². The van der Waals surface area contributed by atoms with E-state index in [1.54, 1.807) is 0 Å². The van der Waals surface area contributed by atoms with Gasteiger partial charge in [-0.2, -0.15) is 0 Å². The zero-order valence-corrected chi connectivity index (χ0v) is 5.94. The van der Waals surface area contributed by atoms with E-state index in [-0.39, 0.29) is 0 Å². The Morgan fingerprint density at radius 3 is 1.82 bits per heavy atom. The summed E-state index contributed by atoms with van der Waals surface area (Å²) in [4.78, 5) is 5.90. The third-order valence-corrected chi connectivity index (χ3v) is 1.40. The van der Waals surface area contributed by atoms with E-state index in [4.69, 9.17) is 0 Å². The molecule has 0 atom stereocenters. The van der Waals surface area contributed by atoms with Crippen LogP contribution in [0.15, 0.2) is 37.4 Å². The lowest BCUT2D eigenvalue weighted by atomic mass is 10.2. The molecule has 0 aliphatic heterocycles. The van der Waals surface area contributed by atoms with Gasteiger partial charge in [-0.3, -0.25) is 18.9 Å². The minimum atomic E-state index is 1.86. The largest absolute Gasteiger partial charge is 0.699 e. The maximum Gasteiger partial charge on any atom is 0.699 e. The highest BCUT2D eigenvalue weighted by Crippen LogP contribution is 1.66. The first-order valence-electron chi connectivity index (χ1n) is 3.37. The van der Waals surface area contributed by atoms with Crippen LogP contribution >= 0.6 is 0 Å². The van der Waals surface area contributed by atoms with Gasteiger partial charge in [0.05, 0.1) is 0 Å². The Balaban J connectivity index is 2.14. The molecule has 4 nitrogen and oxygen atoms in total. The van der Waals surface area contributed by atoms with Crippen LogP contribution in [-0.4, -0.2) is 17.5 Å². The molecule has 0 bridgehead atoms. The molecule has 53 valence electrons. The first-order valence-corrected chi connectivity index (χ1v) is 3.37. The van der Waals surface area contributed by atoms with Crippen molar-refractivity contribution in [2.24, 2.45) is 0 Å². The number of H-pyrrole nitrogens is 2. The van der Waals surface area contributed by atoms with Gasteiger partial charge in [-0.05, 0) is 0 Å². The minimum absolute atomic E-state index is 1.86. The van der Waals surface area contributed by atoms with E-state index < -0.39 is 0 Å². The van der Waals surface area contributed by atoms with Crippen LogP contribution < -0.4 is 8.96 Å². The second-order valence-corrected chi connectivity index (χ2v) is 2.23. The number of nitrogens with one attached hydrogen (secondary N) is 2. The van der Waals surface area contributed by atoms with Crippen LogP contribution in [0.4, 0.5) is 0 Å². The lowest BCUT2D eigenvalue weighted by molar-refractivity contribution is -0.658. The van der Waals surface area contributed by atoms with E-state index in [0.717, 1.165) is 0 Å². The predicted octanol–water partition coefficient (Wildman–Crippen LogP) is -1.15. The van der Waals surface area contributed by atoms with E-state index in [1.807, 2.05) is 53.9 Å². The summed E-state index contributed by atoms with van der Waals surface area (Å²) < 4.78 is 3.85. The van der Waals surface area contributed by atoms with Gasteiger partial charge in [0, 0.05) is 0 Å². The summed E-state index contributed by atoms with van der Waals surface area (Å²) >= 11 is 0. The van der Waals surface area contributed by atoms with Gasteiger partial charge in [0.1, 0.15) is 24.8 Å². The maximum atomic E-state index is 2.95. The molecule has 2 N–H and O–H groups in total. The van der Waals surface area contributed by atoms with Gasteiger partial charge in [-0.25, -0.2) is 0 Å². The van der Waals surface area contributed by atoms with Crippen molar-refractivity contribution < 1.29 is 8.96 Å². The van der Waals surface area contributed by atoms with Gasteiger partial charge in [-0.15, -0.1) is 0 Å². The van der Waals surface area contributed by atoms with Crippen molar-refractivity contribution in [3.63, 3.8) is 0 Å². The van der Waals surface area contributed by atoms with Crippen molar-refractivity contribution in [1.82, 2.24) is 9.97 Å². The van der Waals surface area contributed by atoms with Crippen LogP contribution in [0.3, 0.4) is 0 Å². The summed E-state index contributed by atoms with van der Waals surface area (Å²) in [5.74, 6) is 0. The quantitative estimate of drug-likeness (QED) is 0.503. The Hall–Kier alpha value is -1.52. The van der Waals surface area contributed by atoms with E-state index in [2.05, 4.69) is 9.97 Å². The topological polar surface area (TPSA) is 39.3 Å². The van der Waals surface area contributed by atoms with Crippen molar-refractivity contribution >= 4 is 7.55 Å². The molecule has 2 aromatic rings. The molecule has 2 aromatic heterocycles. The van der Waals surface area contributed by atoms with Gasteiger partial charge >= 0.3 is 7.55 Å². The smallest absolute Gasteiger partial charge is 0.256 e. The van der Waals surface area contributed by atoms with Gasteiger partial charge in [-0.1, -0.05) is 0 Å². The highest BCUT2D eigenvalue weighted by atomic mass is 15.1. The predicted molar refractivity (Wildman–Crippen MR) is 38.5 cm³/mol. The number of aromatic nitrogens is 4. The Bertz CT molecular complexity index is 267. The average molecular weight is 147 g/mol. The normalized spacial score (nSPS) is 9.82. The summed E-state index contributed by atoms with van der Waals surface area (Å²) in [5.41, 5.74) is 0. The SMILES string of the molecule is [B]([n+]1cc[nH]c1)[n+]1cc[nH]c1. The molecular formula is C6H8BN4+2. The minimum Gasteiger partial charge on any atom is -0.256 e. The van der Waals surface area contributed by atoms with Gasteiger partial charge in [0.2, 0.25) is 12.7 Å². The Labute approximate surface area is 64.8 Å². The van der Waals surface area contributed by atoms with Crippen LogP contribution in [0.25, 0.3) is 0 Å². The Morgan fingerprint density at radius 2 is 1.45 bits per heavy atom. The van der Waals surface area contributed by atoms with E-state index in [0.29, 0.717) is 0 Å². The second-order valence-electron chi connectivity index (χ2n) is 2.23. The zero-order valence-electron chi connectivity index (χ0n) is 5.94. The molecule has 2 rings (SSSR count). The Kier molecular flexibility index (Phi) is 1.48. The van der Waals surface area contributed by atoms with Crippen molar-refractivity contribution in [3.05, 3.63) is 37.4 Å². The van der Waals surface area contributed by atoms with Crippen LogP contribution in [0.2, 0.25) is 0 Å². The number of nitrogens with zero attached hydrogens (tertiary/aromatic N) is 2. The molecule has 0 saturated heterocycles. The maximum absolute atomic E-state index is 2.95. The average Bonchev–Trinajstić information content (AvgIpc) is 2.60.